The summed E-state index contributed by atoms with van der Waals surface area (Å²) in [5.74, 6) is 1.05. The molecule has 0 N–H and O–H groups in total. The van der Waals surface area contributed by atoms with Gasteiger partial charge in [-0.2, -0.15) is 0 Å². The Hall–Kier alpha value is -2.16. The average molecular weight is 263 g/mol. The van der Waals surface area contributed by atoms with Crippen LogP contribution < -0.4 is 4.90 Å². The molecule has 0 spiro atoms. The van der Waals surface area contributed by atoms with Crippen molar-refractivity contribution < 1.29 is 0 Å². The smallest absolute Gasteiger partial charge is 0.155 e. The van der Waals surface area contributed by atoms with E-state index in [4.69, 9.17) is 4.99 Å². The highest BCUT2D eigenvalue weighted by Crippen LogP contribution is 2.38. The van der Waals surface area contributed by atoms with Crippen LogP contribution in [0, 0.1) is 6.92 Å². The van der Waals surface area contributed by atoms with Gasteiger partial charge < -0.3 is 4.90 Å². The molecule has 2 aliphatic rings. The maximum atomic E-state index is 4.82. The van der Waals surface area contributed by atoms with Crippen LogP contribution in [0.3, 0.4) is 0 Å². The number of hydrogen-bond acceptors (Lipinski definition) is 3. The Morgan fingerprint density at radius 3 is 2.65 bits per heavy atom. The van der Waals surface area contributed by atoms with Gasteiger partial charge in [0.1, 0.15) is 5.69 Å². The Morgan fingerprint density at radius 1 is 1.10 bits per heavy atom. The molecule has 3 heteroatoms. The first-order chi connectivity index (χ1) is 9.81. The number of aromatic nitrogens is 1. The molecule has 1 aromatic carbocycles. The van der Waals surface area contributed by atoms with Gasteiger partial charge in [-0.3, -0.25) is 0 Å². The Balaban J connectivity index is 1.78. The normalized spacial score (nSPS) is 17.6. The molecule has 0 atom stereocenters. The van der Waals surface area contributed by atoms with Crippen molar-refractivity contribution in [2.24, 2.45) is 4.99 Å². The van der Waals surface area contributed by atoms with Crippen molar-refractivity contribution in [1.82, 2.24) is 4.98 Å². The van der Waals surface area contributed by atoms with E-state index in [0.29, 0.717) is 6.04 Å². The SMILES string of the molecule is Cc1ccc(C2=Nc3cccnc3N(C3CC3)C2)cc1. The molecule has 1 aliphatic heterocycles. The van der Waals surface area contributed by atoms with E-state index in [1.807, 2.05) is 12.3 Å². The van der Waals surface area contributed by atoms with Gasteiger partial charge in [-0.15, -0.1) is 0 Å². The predicted octanol–water partition coefficient (Wildman–Crippen LogP) is 3.49. The quantitative estimate of drug-likeness (QED) is 0.829. The minimum absolute atomic E-state index is 0.652. The Kier molecular flexibility index (Phi) is 2.59. The molecule has 2 heterocycles. The molecule has 1 fully saturated rings. The van der Waals surface area contributed by atoms with Crippen LogP contribution in [0.4, 0.5) is 11.5 Å². The van der Waals surface area contributed by atoms with Crippen molar-refractivity contribution in [3.05, 3.63) is 53.7 Å². The lowest BCUT2D eigenvalue weighted by atomic mass is 10.1. The molecule has 100 valence electrons. The van der Waals surface area contributed by atoms with Gasteiger partial charge in [-0.1, -0.05) is 29.8 Å². The average Bonchev–Trinajstić information content (AvgIpc) is 3.31. The van der Waals surface area contributed by atoms with Gasteiger partial charge in [0.15, 0.2) is 5.82 Å². The van der Waals surface area contributed by atoms with Crippen LogP contribution in [0.15, 0.2) is 47.6 Å². The molecule has 1 aliphatic carbocycles. The molecule has 3 nitrogen and oxygen atoms in total. The van der Waals surface area contributed by atoms with Crippen molar-refractivity contribution in [2.45, 2.75) is 25.8 Å². The minimum atomic E-state index is 0.652. The summed E-state index contributed by atoms with van der Waals surface area (Å²) in [5.41, 5.74) is 4.65. The maximum absolute atomic E-state index is 4.82. The molecule has 0 unspecified atom stereocenters. The van der Waals surface area contributed by atoms with E-state index in [1.54, 1.807) is 0 Å². The topological polar surface area (TPSA) is 28.5 Å². The van der Waals surface area contributed by atoms with E-state index in [9.17, 15) is 0 Å². The number of anilines is 1. The van der Waals surface area contributed by atoms with Crippen LogP contribution in [0.25, 0.3) is 0 Å². The maximum Gasteiger partial charge on any atom is 0.155 e. The lowest BCUT2D eigenvalue weighted by Crippen LogP contribution is -2.35. The van der Waals surface area contributed by atoms with Crippen molar-refractivity contribution in [2.75, 3.05) is 11.4 Å². The summed E-state index contributed by atoms with van der Waals surface area (Å²) in [4.78, 5) is 11.8. The van der Waals surface area contributed by atoms with Gasteiger partial charge in [0, 0.05) is 12.2 Å². The fourth-order valence-corrected chi connectivity index (χ4v) is 2.70. The monoisotopic (exact) mass is 263 g/mol. The number of aryl methyl sites for hydroxylation is 1. The lowest BCUT2D eigenvalue weighted by Gasteiger charge is -2.29. The molecule has 1 aromatic heterocycles. The second kappa shape index (κ2) is 4.44. The highest BCUT2D eigenvalue weighted by molar-refractivity contribution is 6.07. The first-order valence-electron chi connectivity index (χ1n) is 7.17. The van der Waals surface area contributed by atoms with Crippen molar-refractivity contribution in [1.29, 1.82) is 0 Å². The van der Waals surface area contributed by atoms with Crippen LogP contribution in [-0.2, 0) is 0 Å². The zero-order valence-electron chi connectivity index (χ0n) is 11.6. The highest BCUT2D eigenvalue weighted by Gasteiger charge is 2.34. The van der Waals surface area contributed by atoms with Gasteiger partial charge in [0.2, 0.25) is 0 Å². The van der Waals surface area contributed by atoms with Crippen molar-refractivity contribution in [3.63, 3.8) is 0 Å². The van der Waals surface area contributed by atoms with Gasteiger partial charge in [-0.05, 0) is 37.5 Å². The zero-order valence-corrected chi connectivity index (χ0v) is 11.6. The van der Waals surface area contributed by atoms with Gasteiger partial charge in [-0.25, -0.2) is 9.98 Å². The van der Waals surface area contributed by atoms with Crippen LogP contribution in [-0.4, -0.2) is 23.3 Å². The number of fused-ring (bicyclic) bond motifs is 1. The first-order valence-corrected chi connectivity index (χ1v) is 7.17. The number of hydrogen-bond donors (Lipinski definition) is 0. The first kappa shape index (κ1) is 11.6. The molecule has 0 saturated heterocycles. The molecule has 0 amide bonds. The standard InChI is InChI=1S/C17H17N3/c1-12-4-6-13(7-5-12)16-11-20(14-8-9-14)17-15(19-16)3-2-10-18-17/h2-7,10,14H,8-9,11H2,1H3. The lowest BCUT2D eigenvalue weighted by molar-refractivity contribution is 0.846. The zero-order chi connectivity index (χ0) is 13.5. The third-order valence-corrected chi connectivity index (χ3v) is 3.99. The largest absolute Gasteiger partial charge is 0.346 e. The molecule has 0 bridgehead atoms. The number of pyridine rings is 1. The van der Waals surface area contributed by atoms with Crippen LogP contribution in [0.1, 0.15) is 24.0 Å². The molecule has 1 saturated carbocycles. The molecule has 20 heavy (non-hydrogen) atoms. The molecule has 2 aromatic rings. The fraction of sp³-hybridized carbons (Fsp3) is 0.294. The van der Waals surface area contributed by atoms with Crippen molar-refractivity contribution >= 4 is 17.2 Å². The second-order valence-corrected chi connectivity index (χ2v) is 5.63. The summed E-state index contributed by atoms with van der Waals surface area (Å²) >= 11 is 0. The Morgan fingerprint density at radius 2 is 1.90 bits per heavy atom. The minimum Gasteiger partial charge on any atom is -0.346 e. The number of rotatable bonds is 2. The van der Waals surface area contributed by atoms with E-state index < -0.39 is 0 Å². The van der Waals surface area contributed by atoms with E-state index in [-0.39, 0.29) is 0 Å². The molecular formula is C17H17N3. The Bertz CT molecular complexity index is 669. The molecular weight excluding hydrogens is 246 g/mol. The number of aliphatic imine (C=N–C) groups is 1. The van der Waals surface area contributed by atoms with E-state index in [1.165, 1.54) is 24.0 Å². The van der Waals surface area contributed by atoms with Crippen LogP contribution >= 0.6 is 0 Å². The van der Waals surface area contributed by atoms with Gasteiger partial charge in [0.05, 0.1) is 12.3 Å². The summed E-state index contributed by atoms with van der Waals surface area (Å²) in [7, 11) is 0. The van der Waals surface area contributed by atoms with Crippen LogP contribution in [0.5, 0.6) is 0 Å². The summed E-state index contributed by atoms with van der Waals surface area (Å²) in [6.45, 7) is 2.99. The van der Waals surface area contributed by atoms with Gasteiger partial charge in [0.25, 0.3) is 0 Å². The van der Waals surface area contributed by atoms with Gasteiger partial charge >= 0.3 is 0 Å². The third kappa shape index (κ3) is 1.99. The molecule has 4 rings (SSSR count). The van der Waals surface area contributed by atoms with Crippen LogP contribution in [0.2, 0.25) is 0 Å². The predicted molar refractivity (Wildman–Crippen MR) is 82.0 cm³/mol. The van der Waals surface area contributed by atoms with Crippen molar-refractivity contribution in [3.8, 4) is 0 Å². The Labute approximate surface area is 119 Å². The number of nitrogens with zero attached hydrogens (tertiary/aromatic N) is 3. The fourth-order valence-electron chi connectivity index (χ4n) is 2.70. The van der Waals surface area contributed by atoms with E-state index >= 15 is 0 Å². The number of benzene rings is 1. The van der Waals surface area contributed by atoms with E-state index in [2.05, 4.69) is 47.1 Å². The second-order valence-electron chi connectivity index (χ2n) is 5.63. The summed E-state index contributed by atoms with van der Waals surface area (Å²) in [6, 6.07) is 13.3. The summed E-state index contributed by atoms with van der Waals surface area (Å²) in [6.07, 6.45) is 4.41. The van der Waals surface area contributed by atoms with E-state index in [0.717, 1.165) is 23.8 Å². The third-order valence-electron chi connectivity index (χ3n) is 3.99. The molecule has 0 radical (unpaired) electrons. The summed E-state index contributed by atoms with van der Waals surface area (Å²) in [5, 5.41) is 0. The highest BCUT2D eigenvalue weighted by atomic mass is 15.3. The summed E-state index contributed by atoms with van der Waals surface area (Å²) < 4.78 is 0.